The van der Waals surface area contributed by atoms with Crippen LogP contribution in [0.25, 0.3) is 22.2 Å². The van der Waals surface area contributed by atoms with Gasteiger partial charge in [-0.3, -0.25) is 4.72 Å². The lowest BCUT2D eigenvalue weighted by Crippen LogP contribution is -2.14. The second kappa shape index (κ2) is 6.40. The lowest BCUT2D eigenvalue weighted by molar-refractivity contribution is 0.602. The Morgan fingerprint density at radius 2 is 1.80 bits per heavy atom. The average Bonchev–Trinajstić information content (AvgIpc) is 2.87. The lowest BCUT2D eigenvalue weighted by Gasteiger charge is -2.11. The van der Waals surface area contributed by atoms with E-state index in [-0.39, 0.29) is 11.6 Å². The van der Waals surface area contributed by atoms with E-state index >= 15 is 0 Å². The van der Waals surface area contributed by atoms with Crippen LogP contribution in [0.3, 0.4) is 0 Å². The molecule has 0 radical (unpaired) electrons. The number of rotatable bonds is 5. The Balaban J connectivity index is 2.09. The summed E-state index contributed by atoms with van der Waals surface area (Å²) < 4.78 is 41.4. The molecule has 5 nitrogen and oxygen atoms in total. The van der Waals surface area contributed by atoms with E-state index in [4.69, 9.17) is 5.73 Å². The van der Waals surface area contributed by atoms with Crippen molar-refractivity contribution in [2.45, 2.75) is 20.4 Å². The van der Waals surface area contributed by atoms with Gasteiger partial charge in [-0.2, -0.15) is 0 Å². The molecule has 0 unspecified atom stereocenters. The highest BCUT2D eigenvalue weighted by Crippen LogP contribution is 2.36. The third-order valence-corrected chi connectivity index (χ3v) is 5.50. The van der Waals surface area contributed by atoms with Crippen LogP contribution in [0.4, 0.5) is 15.8 Å². The standard InChI is InChI=1S/C18H20FN3O2S/c1-3-22-16-10-7-13(19)11-15(16)17(20)18(22)12-5-8-14(9-6-12)21-25(23,24)4-2/h5-11,21H,3-4,20H2,1-2H3. The van der Waals surface area contributed by atoms with Crippen molar-refractivity contribution in [1.29, 1.82) is 0 Å². The van der Waals surface area contributed by atoms with Gasteiger partial charge in [-0.1, -0.05) is 12.1 Å². The minimum Gasteiger partial charge on any atom is -0.396 e. The van der Waals surface area contributed by atoms with Gasteiger partial charge in [0, 0.05) is 23.2 Å². The molecule has 0 aliphatic carbocycles. The Bertz CT molecular complexity index is 1020. The van der Waals surface area contributed by atoms with Crippen LogP contribution in [0.5, 0.6) is 0 Å². The number of nitrogens with two attached hydrogens (primary N) is 1. The maximum atomic E-state index is 13.6. The molecule has 0 amide bonds. The summed E-state index contributed by atoms with van der Waals surface area (Å²) >= 11 is 0. The number of hydrogen-bond acceptors (Lipinski definition) is 3. The Hall–Kier alpha value is -2.54. The van der Waals surface area contributed by atoms with Gasteiger partial charge in [0.05, 0.1) is 22.7 Å². The largest absolute Gasteiger partial charge is 0.396 e. The van der Waals surface area contributed by atoms with Crippen molar-refractivity contribution in [3.05, 3.63) is 48.3 Å². The zero-order chi connectivity index (χ0) is 18.2. The summed E-state index contributed by atoms with van der Waals surface area (Å²) in [7, 11) is -3.32. The predicted octanol–water partition coefficient (Wildman–Crippen LogP) is 3.81. The molecule has 1 heterocycles. The maximum absolute atomic E-state index is 13.6. The van der Waals surface area contributed by atoms with Gasteiger partial charge in [0.25, 0.3) is 0 Å². The molecular weight excluding hydrogens is 341 g/mol. The first-order valence-corrected chi connectivity index (χ1v) is 9.69. The van der Waals surface area contributed by atoms with Gasteiger partial charge in [-0.15, -0.1) is 0 Å². The van der Waals surface area contributed by atoms with Gasteiger partial charge in [0.15, 0.2) is 0 Å². The number of anilines is 2. The van der Waals surface area contributed by atoms with Crippen molar-refractivity contribution >= 4 is 32.3 Å². The number of sulfonamides is 1. The molecule has 3 rings (SSSR count). The van der Waals surface area contributed by atoms with Crippen LogP contribution in [0.1, 0.15) is 13.8 Å². The van der Waals surface area contributed by atoms with Crippen molar-refractivity contribution < 1.29 is 12.8 Å². The van der Waals surface area contributed by atoms with Crippen molar-refractivity contribution in [3.63, 3.8) is 0 Å². The summed E-state index contributed by atoms with van der Waals surface area (Å²) in [6, 6.07) is 11.6. The van der Waals surface area contributed by atoms with E-state index in [1.54, 1.807) is 37.3 Å². The van der Waals surface area contributed by atoms with Gasteiger partial charge in [0.2, 0.25) is 10.0 Å². The van der Waals surface area contributed by atoms with E-state index in [1.165, 1.54) is 12.1 Å². The van der Waals surface area contributed by atoms with E-state index in [1.807, 2.05) is 11.5 Å². The number of benzene rings is 2. The van der Waals surface area contributed by atoms with E-state index in [2.05, 4.69) is 4.72 Å². The third-order valence-electron chi connectivity index (χ3n) is 4.19. The van der Waals surface area contributed by atoms with Gasteiger partial charge in [-0.25, -0.2) is 12.8 Å². The molecular formula is C18H20FN3O2S. The molecule has 0 atom stereocenters. The summed E-state index contributed by atoms with van der Waals surface area (Å²) in [5.74, 6) is -0.319. The van der Waals surface area contributed by atoms with Crippen LogP contribution in [0.15, 0.2) is 42.5 Å². The number of aromatic nitrogens is 1. The van der Waals surface area contributed by atoms with Gasteiger partial charge >= 0.3 is 0 Å². The fourth-order valence-corrected chi connectivity index (χ4v) is 3.58. The minimum atomic E-state index is -3.32. The highest BCUT2D eigenvalue weighted by atomic mass is 32.2. The van der Waals surface area contributed by atoms with Crippen molar-refractivity contribution in [2.24, 2.45) is 0 Å². The topological polar surface area (TPSA) is 77.1 Å². The molecule has 132 valence electrons. The van der Waals surface area contributed by atoms with Crippen molar-refractivity contribution in [2.75, 3.05) is 16.2 Å². The summed E-state index contributed by atoms with van der Waals surface area (Å²) in [5, 5.41) is 0.674. The number of fused-ring (bicyclic) bond motifs is 1. The molecule has 0 aliphatic rings. The summed E-state index contributed by atoms with van der Waals surface area (Å²) in [6.45, 7) is 4.25. The maximum Gasteiger partial charge on any atom is 0.232 e. The molecule has 7 heteroatoms. The van der Waals surface area contributed by atoms with Crippen LogP contribution >= 0.6 is 0 Å². The highest BCUT2D eigenvalue weighted by molar-refractivity contribution is 7.92. The number of nitrogens with zero attached hydrogens (tertiary/aromatic N) is 1. The number of hydrogen-bond donors (Lipinski definition) is 2. The summed E-state index contributed by atoms with van der Waals surface area (Å²) in [5.41, 5.74) is 9.80. The number of aryl methyl sites for hydroxylation is 1. The van der Waals surface area contributed by atoms with E-state index in [0.717, 1.165) is 16.8 Å². The molecule has 3 aromatic rings. The fourth-order valence-electron chi connectivity index (χ4n) is 2.94. The quantitative estimate of drug-likeness (QED) is 0.725. The Kier molecular flexibility index (Phi) is 4.43. The van der Waals surface area contributed by atoms with Crippen LogP contribution in [-0.4, -0.2) is 18.7 Å². The Morgan fingerprint density at radius 3 is 2.40 bits per heavy atom. The molecule has 2 aromatic carbocycles. The minimum absolute atomic E-state index is 0.0112. The fraction of sp³-hybridized carbons (Fsp3) is 0.222. The van der Waals surface area contributed by atoms with Crippen molar-refractivity contribution in [1.82, 2.24) is 4.57 Å². The van der Waals surface area contributed by atoms with E-state index in [9.17, 15) is 12.8 Å². The van der Waals surface area contributed by atoms with Gasteiger partial charge < -0.3 is 10.3 Å². The van der Waals surface area contributed by atoms with Crippen LogP contribution in [0, 0.1) is 5.82 Å². The molecule has 1 aromatic heterocycles. The SMILES string of the molecule is CCn1c(-c2ccc(NS(=O)(=O)CC)cc2)c(N)c2cc(F)ccc21. The zero-order valence-electron chi connectivity index (χ0n) is 14.1. The molecule has 3 N–H and O–H groups in total. The zero-order valence-corrected chi connectivity index (χ0v) is 14.9. The van der Waals surface area contributed by atoms with E-state index < -0.39 is 10.0 Å². The smallest absolute Gasteiger partial charge is 0.232 e. The first-order valence-electron chi connectivity index (χ1n) is 8.04. The third kappa shape index (κ3) is 3.19. The second-order valence-corrected chi connectivity index (χ2v) is 7.76. The number of nitrogen functional groups attached to an aromatic ring is 1. The van der Waals surface area contributed by atoms with Crippen molar-refractivity contribution in [3.8, 4) is 11.3 Å². The number of nitrogens with one attached hydrogen (secondary N) is 1. The Labute approximate surface area is 146 Å². The summed E-state index contributed by atoms with van der Waals surface area (Å²) in [6.07, 6.45) is 0. The summed E-state index contributed by atoms with van der Waals surface area (Å²) in [4.78, 5) is 0. The second-order valence-electron chi connectivity index (χ2n) is 5.75. The first-order chi connectivity index (χ1) is 11.9. The monoisotopic (exact) mass is 361 g/mol. The molecule has 0 fully saturated rings. The molecule has 0 aliphatic heterocycles. The van der Waals surface area contributed by atoms with E-state index in [0.29, 0.717) is 23.3 Å². The molecule has 0 saturated heterocycles. The normalized spacial score (nSPS) is 11.8. The lowest BCUT2D eigenvalue weighted by atomic mass is 10.1. The molecule has 0 spiro atoms. The average molecular weight is 361 g/mol. The molecule has 0 bridgehead atoms. The van der Waals surface area contributed by atoms with Crippen LogP contribution in [0.2, 0.25) is 0 Å². The first kappa shape index (κ1) is 17.3. The highest BCUT2D eigenvalue weighted by Gasteiger charge is 2.16. The molecule has 25 heavy (non-hydrogen) atoms. The number of halogens is 1. The van der Waals surface area contributed by atoms with Crippen LogP contribution in [-0.2, 0) is 16.6 Å². The molecule has 0 saturated carbocycles. The van der Waals surface area contributed by atoms with Gasteiger partial charge in [-0.05, 0) is 44.2 Å². The Morgan fingerprint density at radius 1 is 1.12 bits per heavy atom. The van der Waals surface area contributed by atoms with Gasteiger partial charge in [0.1, 0.15) is 5.82 Å². The predicted molar refractivity (Wildman–Crippen MR) is 101 cm³/mol. The van der Waals surface area contributed by atoms with Crippen LogP contribution < -0.4 is 10.5 Å².